The summed E-state index contributed by atoms with van der Waals surface area (Å²) in [6, 6.07) is 14.1. The van der Waals surface area contributed by atoms with E-state index in [1.807, 2.05) is 24.3 Å². The average molecular weight is 320 g/mol. The first kappa shape index (κ1) is 13.6. The van der Waals surface area contributed by atoms with Crippen LogP contribution in [-0.2, 0) is 5.33 Å². The molecular weight excluding hydrogens is 306 g/mol. The van der Waals surface area contributed by atoms with E-state index in [1.54, 1.807) is 36.2 Å². The van der Waals surface area contributed by atoms with Gasteiger partial charge in [-0.15, -0.1) is 0 Å². The van der Waals surface area contributed by atoms with E-state index in [2.05, 4.69) is 15.9 Å². The molecule has 1 amide bonds. The molecule has 2 aromatic rings. The molecule has 1 N–H and O–H groups in total. The van der Waals surface area contributed by atoms with Gasteiger partial charge in [0.2, 0.25) is 0 Å². The number of phenolic OH excluding ortho intramolecular Hbond substituents is 1. The lowest BCUT2D eigenvalue weighted by molar-refractivity contribution is 0.0992. The van der Waals surface area contributed by atoms with E-state index in [9.17, 15) is 9.90 Å². The molecule has 0 aliphatic heterocycles. The Balaban J connectivity index is 2.30. The predicted molar refractivity (Wildman–Crippen MR) is 79.9 cm³/mol. The average Bonchev–Trinajstić information content (AvgIpc) is 2.46. The highest BCUT2D eigenvalue weighted by Crippen LogP contribution is 2.21. The van der Waals surface area contributed by atoms with Gasteiger partial charge in [-0.2, -0.15) is 0 Å². The Morgan fingerprint density at radius 2 is 1.79 bits per heavy atom. The Kier molecular flexibility index (Phi) is 4.22. The zero-order valence-corrected chi connectivity index (χ0v) is 12.1. The minimum absolute atomic E-state index is 0.0688. The molecule has 0 saturated carbocycles. The van der Waals surface area contributed by atoms with Gasteiger partial charge in [-0.25, -0.2) is 0 Å². The molecule has 0 radical (unpaired) electrons. The molecule has 0 aliphatic rings. The summed E-state index contributed by atoms with van der Waals surface area (Å²) in [7, 11) is 1.72. The number of aromatic hydroxyl groups is 1. The fourth-order valence-electron chi connectivity index (χ4n) is 1.82. The molecule has 19 heavy (non-hydrogen) atoms. The third-order valence-corrected chi connectivity index (χ3v) is 3.54. The fourth-order valence-corrected chi connectivity index (χ4v) is 2.31. The number of carbonyl (C=O) groups is 1. The number of phenols is 1. The SMILES string of the molecule is CN(C(=O)c1ccccc1CBr)c1ccc(O)cc1. The molecule has 0 bridgehead atoms. The van der Waals surface area contributed by atoms with Crippen molar-refractivity contribution < 1.29 is 9.90 Å². The maximum absolute atomic E-state index is 12.5. The number of hydrogen-bond acceptors (Lipinski definition) is 2. The van der Waals surface area contributed by atoms with E-state index in [4.69, 9.17) is 0 Å². The van der Waals surface area contributed by atoms with Gasteiger partial charge in [-0.1, -0.05) is 34.1 Å². The molecule has 4 heteroatoms. The zero-order chi connectivity index (χ0) is 13.8. The van der Waals surface area contributed by atoms with Crippen LogP contribution in [-0.4, -0.2) is 18.1 Å². The van der Waals surface area contributed by atoms with Crippen LogP contribution in [0.5, 0.6) is 5.75 Å². The largest absolute Gasteiger partial charge is 0.508 e. The molecule has 3 nitrogen and oxygen atoms in total. The summed E-state index contributed by atoms with van der Waals surface area (Å²) in [5, 5.41) is 9.90. The third kappa shape index (κ3) is 2.96. The summed E-state index contributed by atoms with van der Waals surface area (Å²) in [6.45, 7) is 0. The molecular formula is C15H14BrNO2. The molecule has 2 aromatic carbocycles. The molecule has 0 saturated heterocycles. The van der Waals surface area contributed by atoms with E-state index in [0.717, 1.165) is 11.3 Å². The zero-order valence-electron chi connectivity index (χ0n) is 10.5. The quantitative estimate of drug-likeness (QED) is 0.879. The van der Waals surface area contributed by atoms with Crippen LogP contribution < -0.4 is 4.90 Å². The Morgan fingerprint density at radius 1 is 1.16 bits per heavy atom. The van der Waals surface area contributed by atoms with Gasteiger partial charge in [0, 0.05) is 23.6 Å². The summed E-state index contributed by atoms with van der Waals surface area (Å²) in [4.78, 5) is 14.0. The lowest BCUT2D eigenvalue weighted by atomic mass is 10.1. The number of amides is 1. The molecule has 0 unspecified atom stereocenters. The number of anilines is 1. The van der Waals surface area contributed by atoms with E-state index < -0.39 is 0 Å². The van der Waals surface area contributed by atoms with Crippen molar-refractivity contribution in [2.75, 3.05) is 11.9 Å². The number of nitrogens with zero attached hydrogens (tertiary/aromatic N) is 1. The standard InChI is InChI=1S/C15H14BrNO2/c1-17(12-6-8-13(18)9-7-12)15(19)14-5-3-2-4-11(14)10-16/h2-9,18H,10H2,1H3. The molecule has 0 heterocycles. The topological polar surface area (TPSA) is 40.5 Å². The van der Waals surface area contributed by atoms with Gasteiger partial charge >= 0.3 is 0 Å². The highest BCUT2D eigenvalue weighted by molar-refractivity contribution is 9.08. The molecule has 0 aromatic heterocycles. The second-order valence-corrected chi connectivity index (χ2v) is 4.73. The smallest absolute Gasteiger partial charge is 0.258 e. The van der Waals surface area contributed by atoms with Crippen molar-refractivity contribution in [3.63, 3.8) is 0 Å². The Labute approximate surface area is 120 Å². The summed E-state index contributed by atoms with van der Waals surface area (Å²) >= 11 is 3.39. The second kappa shape index (κ2) is 5.89. The van der Waals surface area contributed by atoms with Gasteiger partial charge in [0.05, 0.1) is 0 Å². The summed E-state index contributed by atoms with van der Waals surface area (Å²) < 4.78 is 0. The third-order valence-electron chi connectivity index (χ3n) is 2.93. The fraction of sp³-hybridized carbons (Fsp3) is 0.133. The number of carbonyl (C=O) groups excluding carboxylic acids is 1. The van der Waals surface area contributed by atoms with Crippen LogP contribution in [0.3, 0.4) is 0 Å². The van der Waals surface area contributed by atoms with E-state index >= 15 is 0 Å². The monoisotopic (exact) mass is 319 g/mol. The van der Waals surface area contributed by atoms with Crippen LogP contribution in [0.4, 0.5) is 5.69 Å². The van der Waals surface area contributed by atoms with Gasteiger partial charge in [-0.05, 0) is 35.9 Å². The number of hydrogen-bond donors (Lipinski definition) is 1. The van der Waals surface area contributed by atoms with Crippen LogP contribution in [0, 0.1) is 0 Å². The van der Waals surface area contributed by atoms with Crippen molar-refractivity contribution >= 4 is 27.5 Å². The minimum atomic E-state index is -0.0688. The molecule has 0 atom stereocenters. The van der Waals surface area contributed by atoms with Crippen LogP contribution >= 0.6 is 15.9 Å². The highest BCUT2D eigenvalue weighted by atomic mass is 79.9. The number of halogens is 1. The predicted octanol–water partition coefficient (Wildman–Crippen LogP) is 3.56. The lowest BCUT2D eigenvalue weighted by Gasteiger charge is -2.18. The van der Waals surface area contributed by atoms with Crippen molar-refractivity contribution in [2.45, 2.75) is 5.33 Å². The molecule has 0 aliphatic carbocycles. The first-order chi connectivity index (χ1) is 9.13. The first-order valence-electron chi connectivity index (χ1n) is 5.84. The van der Waals surface area contributed by atoms with Crippen molar-refractivity contribution in [3.05, 3.63) is 59.7 Å². The first-order valence-corrected chi connectivity index (χ1v) is 6.96. The van der Waals surface area contributed by atoms with Crippen LogP contribution in [0.15, 0.2) is 48.5 Å². The van der Waals surface area contributed by atoms with Gasteiger partial charge in [0.1, 0.15) is 5.75 Å². The Hall–Kier alpha value is -1.81. The lowest BCUT2D eigenvalue weighted by Crippen LogP contribution is -2.27. The van der Waals surface area contributed by atoms with E-state index in [-0.39, 0.29) is 11.7 Å². The minimum Gasteiger partial charge on any atom is -0.508 e. The highest BCUT2D eigenvalue weighted by Gasteiger charge is 2.16. The molecule has 0 spiro atoms. The van der Waals surface area contributed by atoms with E-state index in [0.29, 0.717) is 10.9 Å². The van der Waals surface area contributed by atoms with Gasteiger partial charge in [0.15, 0.2) is 0 Å². The number of benzene rings is 2. The summed E-state index contributed by atoms with van der Waals surface area (Å²) in [6.07, 6.45) is 0. The van der Waals surface area contributed by atoms with Gasteiger partial charge in [0.25, 0.3) is 5.91 Å². The normalized spacial score (nSPS) is 10.2. The second-order valence-electron chi connectivity index (χ2n) is 4.17. The summed E-state index contributed by atoms with van der Waals surface area (Å²) in [5.41, 5.74) is 2.38. The Bertz CT molecular complexity index is 581. The van der Waals surface area contributed by atoms with Crippen molar-refractivity contribution in [1.82, 2.24) is 0 Å². The van der Waals surface area contributed by atoms with Crippen molar-refractivity contribution in [3.8, 4) is 5.75 Å². The van der Waals surface area contributed by atoms with Crippen LogP contribution in [0.2, 0.25) is 0 Å². The number of alkyl halides is 1. The molecule has 2 rings (SSSR count). The molecule has 0 fully saturated rings. The van der Waals surface area contributed by atoms with Crippen molar-refractivity contribution in [2.24, 2.45) is 0 Å². The summed E-state index contributed by atoms with van der Waals surface area (Å²) in [5.74, 6) is 0.117. The maximum atomic E-state index is 12.5. The molecule has 98 valence electrons. The maximum Gasteiger partial charge on any atom is 0.258 e. The Morgan fingerprint density at radius 3 is 2.42 bits per heavy atom. The van der Waals surface area contributed by atoms with Crippen molar-refractivity contribution in [1.29, 1.82) is 0 Å². The van der Waals surface area contributed by atoms with Crippen LogP contribution in [0.1, 0.15) is 15.9 Å². The van der Waals surface area contributed by atoms with Crippen LogP contribution in [0.25, 0.3) is 0 Å². The van der Waals surface area contributed by atoms with Gasteiger partial charge < -0.3 is 10.0 Å². The van der Waals surface area contributed by atoms with E-state index in [1.165, 1.54) is 0 Å². The van der Waals surface area contributed by atoms with Gasteiger partial charge in [-0.3, -0.25) is 4.79 Å². The number of rotatable bonds is 3.